The van der Waals surface area contributed by atoms with Crippen molar-refractivity contribution >= 4 is 59.9 Å². The molecule has 0 aromatic heterocycles. The highest BCUT2D eigenvalue weighted by Crippen LogP contribution is 2.51. The fourth-order valence-electron chi connectivity index (χ4n) is 9.82. The second-order valence-electron chi connectivity index (χ2n) is 16.9. The number of fused-ring (bicyclic) bond motifs is 6. The summed E-state index contributed by atoms with van der Waals surface area (Å²) in [7, 11) is 0.765. The lowest BCUT2D eigenvalue weighted by Gasteiger charge is -2.38. The van der Waals surface area contributed by atoms with E-state index >= 15 is 0 Å². The summed E-state index contributed by atoms with van der Waals surface area (Å²) in [5.74, 6) is 0. The molecule has 4 heteroatoms. The van der Waals surface area contributed by atoms with E-state index in [0.29, 0.717) is 0 Å². The molecule has 2 nitrogen and oxygen atoms in total. The minimum atomic E-state index is -0.137. The van der Waals surface area contributed by atoms with Gasteiger partial charge in [-0.15, -0.1) is 19.2 Å². The van der Waals surface area contributed by atoms with Crippen molar-refractivity contribution in [1.29, 1.82) is 0 Å². The van der Waals surface area contributed by atoms with Crippen molar-refractivity contribution < 1.29 is 0 Å². The highest BCUT2D eigenvalue weighted by molar-refractivity contribution is 7.80. The SMILES string of the molecule is C=C1Bc2cc3c(cc2N(c2ccc(S)cc2-c2ccccc2)/C1=c1\cccc\c1=C\Cc1cccc2c1Nc1ccccc1C2(C)C)C(C)(C)c1ccccc1-3. The zero-order valence-corrected chi connectivity index (χ0v) is 33.9. The van der Waals surface area contributed by atoms with Crippen molar-refractivity contribution in [2.75, 3.05) is 10.2 Å². The molecule has 2 aliphatic heterocycles. The quantitative estimate of drug-likeness (QED) is 0.138. The van der Waals surface area contributed by atoms with Gasteiger partial charge in [-0.3, -0.25) is 0 Å². The monoisotopic (exact) mass is 752 g/mol. The molecule has 0 atom stereocenters. The summed E-state index contributed by atoms with van der Waals surface area (Å²) < 4.78 is 0. The Morgan fingerprint density at radius 1 is 0.632 bits per heavy atom. The van der Waals surface area contributed by atoms with Gasteiger partial charge in [0.1, 0.15) is 0 Å². The molecule has 0 fully saturated rings. The molecular formula is C53H45BN2S. The molecule has 0 saturated heterocycles. The van der Waals surface area contributed by atoms with Gasteiger partial charge in [0.2, 0.25) is 0 Å². The topological polar surface area (TPSA) is 15.3 Å². The predicted molar refractivity (Wildman–Crippen MR) is 247 cm³/mol. The zero-order chi connectivity index (χ0) is 39.1. The molecule has 276 valence electrons. The summed E-state index contributed by atoms with van der Waals surface area (Å²) in [5.41, 5.74) is 19.6. The summed E-state index contributed by atoms with van der Waals surface area (Å²) in [5, 5.41) is 6.20. The number of hydrogen-bond acceptors (Lipinski definition) is 3. The van der Waals surface area contributed by atoms with Crippen LogP contribution in [-0.2, 0) is 17.3 Å². The standard InChI is InChI=1S/C53H45BN2S/c1-33-51(38-20-10-9-18-35(38)26-27-36-19-15-24-44-50(36)55-47-25-14-13-23-43(47)53(44,4)5)56(48-29-28-37(57)30-40(48)34-16-7-6-8-17-34)49-32-45-41(31-46(49)54-33)39-21-11-12-22-42(39)52(45,2)3/h6-26,28-32,54-55,57H,1,27H2,2-5H3/b35-26-,51-38+. The van der Waals surface area contributed by atoms with Crippen LogP contribution in [0.1, 0.15) is 55.5 Å². The highest BCUT2D eigenvalue weighted by atomic mass is 32.1. The summed E-state index contributed by atoms with van der Waals surface area (Å²) in [6, 6.07) is 55.5. The summed E-state index contributed by atoms with van der Waals surface area (Å²) in [6.07, 6.45) is 3.19. The van der Waals surface area contributed by atoms with Gasteiger partial charge in [-0.05, 0) is 86.5 Å². The van der Waals surface area contributed by atoms with E-state index in [1.54, 1.807) is 0 Å². The third kappa shape index (κ3) is 5.64. The van der Waals surface area contributed by atoms with Crippen molar-refractivity contribution in [3.63, 3.8) is 0 Å². The molecule has 0 unspecified atom stereocenters. The van der Waals surface area contributed by atoms with Crippen molar-refractivity contribution in [3.05, 3.63) is 202 Å². The van der Waals surface area contributed by atoms with Crippen LogP contribution < -0.4 is 26.1 Å². The number of anilines is 4. The Balaban J connectivity index is 1.20. The Labute approximate surface area is 342 Å². The third-order valence-electron chi connectivity index (χ3n) is 12.7. The lowest BCUT2D eigenvalue weighted by Crippen LogP contribution is -2.42. The van der Waals surface area contributed by atoms with Gasteiger partial charge in [-0.1, -0.05) is 166 Å². The van der Waals surface area contributed by atoms with Gasteiger partial charge in [0.15, 0.2) is 7.28 Å². The Morgan fingerprint density at radius 3 is 2.18 bits per heavy atom. The van der Waals surface area contributed by atoms with Gasteiger partial charge in [-0.2, -0.15) is 0 Å². The van der Waals surface area contributed by atoms with Gasteiger partial charge >= 0.3 is 0 Å². The van der Waals surface area contributed by atoms with Gasteiger partial charge in [0.25, 0.3) is 0 Å². The minimum absolute atomic E-state index is 0.107. The van der Waals surface area contributed by atoms with Crippen LogP contribution in [0, 0.1) is 0 Å². The summed E-state index contributed by atoms with van der Waals surface area (Å²) in [6.45, 7) is 14.3. The predicted octanol–water partition coefficient (Wildman–Crippen LogP) is 10.9. The maximum atomic E-state index is 4.87. The Kier molecular flexibility index (Phi) is 8.28. The van der Waals surface area contributed by atoms with E-state index in [1.165, 1.54) is 71.9 Å². The highest BCUT2D eigenvalue weighted by Gasteiger charge is 2.39. The lowest BCUT2D eigenvalue weighted by atomic mass is 9.58. The first kappa shape index (κ1) is 35.4. The van der Waals surface area contributed by atoms with Crippen LogP contribution in [0.25, 0.3) is 34.0 Å². The molecule has 0 spiro atoms. The second kappa shape index (κ2) is 13.3. The molecular weight excluding hydrogens is 707 g/mol. The second-order valence-corrected chi connectivity index (χ2v) is 17.4. The van der Waals surface area contributed by atoms with Crippen LogP contribution >= 0.6 is 12.6 Å². The number of rotatable bonds is 4. The van der Waals surface area contributed by atoms with Gasteiger partial charge in [0.05, 0.1) is 5.69 Å². The van der Waals surface area contributed by atoms with E-state index in [2.05, 4.69) is 196 Å². The van der Waals surface area contributed by atoms with E-state index in [-0.39, 0.29) is 10.8 Å². The summed E-state index contributed by atoms with van der Waals surface area (Å²) in [4.78, 5) is 3.44. The molecule has 0 radical (unpaired) electrons. The average molecular weight is 753 g/mol. The van der Waals surface area contributed by atoms with Gasteiger partial charge in [0, 0.05) is 49.3 Å². The van der Waals surface area contributed by atoms with Crippen molar-refractivity contribution in [2.24, 2.45) is 0 Å². The Bertz CT molecular complexity index is 2920. The van der Waals surface area contributed by atoms with E-state index < -0.39 is 0 Å². The van der Waals surface area contributed by atoms with Crippen LogP contribution in [0.2, 0.25) is 0 Å². The van der Waals surface area contributed by atoms with Crippen LogP contribution in [0.15, 0.2) is 169 Å². The number of nitrogens with one attached hydrogen (secondary N) is 1. The zero-order valence-electron chi connectivity index (χ0n) is 33.0. The van der Waals surface area contributed by atoms with Crippen LogP contribution in [0.4, 0.5) is 22.7 Å². The molecule has 1 aliphatic carbocycles. The van der Waals surface area contributed by atoms with E-state index in [4.69, 9.17) is 19.2 Å². The van der Waals surface area contributed by atoms with E-state index in [1.807, 2.05) is 0 Å². The Morgan fingerprint density at radius 2 is 1.33 bits per heavy atom. The Hall–Kier alpha value is -5.97. The number of hydrogen-bond donors (Lipinski definition) is 2. The largest absolute Gasteiger partial charge is 0.355 e. The first-order valence-corrected chi connectivity index (χ1v) is 20.5. The van der Waals surface area contributed by atoms with Crippen molar-refractivity contribution in [1.82, 2.24) is 0 Å². The molecule has 0 saturated carbocycles. The fraction of sp³-hybridized carbons (Fsp3) is 0.132. The molecule has 1 N–H and O–H groups in total. The molecule has 2 heterocycles. The maximum absolute atomic E-state index is 4.87. The van der Waals surface area contributed by atoms with Crippen LogP contribution in [0.5, 0.6) is 0 Å². The number of thiol groups is 1. The molecule has 57 heavy (non-hydrogen) atoms. The average Bonchev–Trinajstić information content (AvgIpc) is 3.44. The van der Waals surface area contributed by atoms with Gasteiger partial charge in [-0.25, -0.2) is 0 Å². The normalized spacial score (nSPS) is 16.8. The van der Waals surface area contributed by atoms with Crippen LogP contribution in [0.3, 0.4) is 0 Å². The smallest absolute Gasteiger partial charge is 0.197 e. The molecule has 0 bridgehead atoms. The first-order valence-electron chi connectivity index (χ1n) is 20.0. The molecule has 7 aromatic rings. The van der Waals surface area contributed by atoms with E-state index in [0.717, 1.165) is 46.6 Å². The molecule has 3 aliphatic rings. The number of para-hydroxylation sites is 2. The summed E-state index contributed by atoms with van der Waals surface area (Å²) >= 11 is 4.87. The van der Waals surface area contributed by atoms with Crippen molar-refractivity contribution in [2.45, 2.75) is 49.8 Å². The van der Waals surface area contributed by atoms with Crippen molar-refractivity contribution in [3.8, 4) is 22.3 Å². The van der Waals surface area contributed by atoms with Crippen LogP contribution in [-0.4, -0.2) is 7.28 Å². The van der Waals surface area contributed by atoms with Gasteiger partial charge < -0.3 is 10.2 Å². The molecule has 10 rings (SSSR count). The number of benzene rings is 7. The minimum Gasteiger partial charge on any atom is -0.355 e. The molecule has 0 amide bonds. The molecule has 7 aromatic carbocycles. The maximum Gasteiger partial charge on any atom is 0.197 e. The first-order chi connectivity index (χ1) is 27.6. The third-order valence-corrected chi connectivity index (χ3v) is 13.0. The lowest BCUT2D eigenvalue weighted by molar-refractivity contribution is 0.637. The fourth-order valence-corrected chi connectivity index (χ4v) is 10.0. The number of nitrogens with zero attached hydrogens (tertiary/aromatic N) is 1. The van der Waals surface area contributed by atoms with E-state index in [9.17, 15) is 0 Å².